The molecule has 5 heteroatoms. The average Bonchev–Trinajstić information content (AvgIpc) is 2.43. The first-order valence-electron chi connectivity index (χ1n) is 6.24. The van der Waals surface area contributed by atoms with E-state index in [1.807, 2.05) is 19.1 Å². The third kappa shape index (κ3) is 3.50. The molecule has 0 unspecified atom stereocenters. The summed E-state index contributed by atoms with van der Waals surface area (Å²) in [5.41, 5.74) is 1.45. The zero-order chi connectivity index (χ0) is 14.5. The number of anilines is 1. The van der Waals surface area contributed by atoms with E-state index in [0.717, 1.165) is 11.3 Å². The van der Waals surface area contributed by atoms with Crippen molar-refractivity contribution in [2.24, 2.45) is 0 Å². The van der Waals surface area contributed by atoms with Gasteiger partial charge in [0.2, 0.25) is 0 Å². The van der Waals surface area contributed by atoms with E-state index >= 15 is 0 Å². The minimum absolute atomic E-state index is 0.139. The van der Waals surface area contributed by atoms with E-state index < -0.39 is 0 Å². The van der Waals surface area contributed by atoms with Crippen LogP contribution in [-0.4, -0.2) is 11.7 Å². The van der Waals surface area contributed by atoms with Gasteiger partial charge < -0.3 is 15.2 Å². The van der Waals surface area contributed by atoms with Crippen LogP contribution in [0.4, 0.5) is 5.69 Å². The first-order valence-corrected chi connectivity index (χ1v) is 7.00. The Kier molecular flexibility index (Phi) is 4.99. The summed E-state index contributed by atoms with van der Waals surface area (Å²) in [5.74, 6) is 0.615. The van der Waals surface area contributed by atoms with Crippen LogP contribution in [0.25, 0.3) is 0 Å². The van der Waals surface area contributed by atoms with Gasteiger partial charge in [0.25, 0.3) is 0 Å². The number of ether oxygens (including phenoxy) is 1. The van der Waals surface area contributed by atoms with E-state index in [-0.39, 0.29) is 5.75 Å². The number of rotatable bonds is 5. The summed E-state index contributed by atoms with van der Waals surface area (Å²) in [6, 6.07) is 10.6. The molecule has 0 atom stereocenters. The second kappa shape index (κ2) is 6.73. The second-order valence-electron chi connectivity index (χ2n) is 4.17. The fraction of sp³-hybridized carbons (Fsp3) is 0.200. The van der Waals surface area contributed by atoms with Gasteiger partial charge in [-0.15, -0.1) is 0 Å². The van der Waals surface area contributed by atoms with E-state index in [0.29, 0.717) is 28.9 Å². The summed E-state index contributed by atoms with van der Waals surface area (Å²) in [5, 5.41) is 14.4. The van der Waals surface area contributed by atoms with Crippen LogP contribution < -0.4 is 10.1 Å². The zero-order valence-corrected chi connectivity index (χ0v) is 12.5. The normalized spacial score (nSPS) is 10.3. The molecular formula is C15H15Cl2NO2. The van der Waals surface area contributed by atoms with Crippen molar-refractivity contribution in [2.45, 2.75) is 13.5 Å². The lowest BCUT2D eigenvalue weighted by atomic mass is 10.2. The van der Waals surface area contributed by atoms with Crippen molar-refractivity contribution in [1.29, 1.82) is 0 Å². The Bertz CT molecular complexity index is 602. The van der Waals surface area contributed by atoms with Crippen molar-refractivity contribution in [2.75, 3.05) is 11.9 Å². The largest absolute Gasteiger partial charge is 0.504 e. The highest BCUT2D eigenvalue weighted by molar-refractivity contribution is 6.35. The molecule has 0 heterocycles. The number of para-hydroxylation sites is 1. The van der Waals surface area contributed by atoms with Gasteiger partial charge >= 0.3 is 0 Å². The minimum atomic E-state index is 0.139. The first kappa shape index (κ1) is 14.8. The highest BCUT2D eigenvalue weighted by Crippen LogP contribution is 2.31. The number of benzene rings is 2. The topological polar surface area (TPSA) is 41.5 Å². The molecule has 0 amide bonds. The van der Waals surface area contributed by atoms with Crippen molar-refractivity contribution in [3.05, 3.63) is 52.0 Å². The van der Waals surface area contributed by atoms with Gasteiger partial charge in [0.05, 0.1) is 17.3 Å². The Balaban J connectivity index is 2.14. The van der Waals surface area contributed by atoms with Crippen LogP contribution in [0.15, 0.2) is 36.4 Å². The smallest absolute Gasteiger partial charge is 0.162 e. The summed E-state index contributed by atoms with van der Waals surface area (Å²) in [6.07, 6.45) is 0. The fourth-order valence-electron chi connectivity index (χ4n) is 1.81. The number of aromatic hydroxyl groups is 1. The molecular weight excluding hydrogens is 297 g/mol. The lowest BCUT2D eigenvalue weighted by molar-refractivity contribution is 0.317. The summed E-state index contributed by atoms with van der Waals surface area (Å²) in [6.45, 7) is 2.80. The maximum Gasteiger partial charge on any atom is 0.162 e. The van der Waals surface area contributed by atoms with Crippen LogP contribution in [-0.2, 0) is 6.54 Å². The summed E-state index contributed by atoms with van der Waals surface area (Å²) >= 11 is 12.0. The predicted molar refractivity (Wildman–Crippen MR) is 83.1 cm³/mol. The van der Waals surface area contributed by atoms with Crippen molar-refractivity contribution in [3.63, 3.8) is 0 Å². The van der Waals surface area contributed by atoms with E-state index in [2.05, 4.69) is 5.32 Å². The number of hydrogen-bond acceptors (Lipinski definition) is 3. The van der Waals surface area contributed by atoms with E-state index in [1.54, 1.807) is 24.3 Å². The number of hydrogen-bond donors (Lipinski definition) is 2. The third-order valence-corrected chi connectivity index (χ3v) is 3.34. The Morgan fingerprint density at radius 2 is 2.00 bits per heavy atom. The molecule has 2 N–H and O–H groups in total. The highest BCUT2D eigenvalue weighted by Gasteiger charge is 2.08. The molecule has 0 aliphatic rings. The molecule has 0 aromatic heterocycles. The van der Waals surface area contributed by atoms with Crippen molar-refractivity contribution < 1.29 is 9.84 Å². The molecule has 2 aromatic rings. The van der Waals surface area contributed by atoms with E-state index in [1.165, 1.54) is 0 Å². The Labute approximate surface area is 128 Å². The Morgan fingerprint density at radius 3 is 2.75 bits per heavy atom. The molecule has 0 fully saturated rings. The number of nitrogens with one attached hydrogen (secondary N) is 1. The number of phenols is 1. The van der Waals surface area contributed by atoms with Gasteiger partial charge in [0.1, 0.15) is 0 Å². The van der Waals surface area contributed by atoms with E-state index in [9.17, 15) is 5.11 Å². The SMILES string of the molecule is CCOc1cccc(CNc2cc(Cl)ccc2Cl)c1O. The summed E-state index contributed by atoms with van der Waals surface area (Å²) in [7, 11) is 0. The number of halogens is 2. The van der Waals surface area contributed by atoms with Crippen LogP contribution in [0, 0.1) is 0 Å². The quantitative estimate of drug-likeness (QED) is 0.840. The molecule has 3 nitrogen and oxygen atoms in total. The third-order valence-electron chi connectivity index (χ3n) is 2.78. The van der Waals surface area contributed by atoms with Crippen LogP contribution in [0.3, 0.4) is 0 Å². The van der Waals surface area contributed by atoms with Gasteiger partial charge in [-0.25, -0.2) is 0 Å². The van der Waals surface area contributed by atoms with Crippen molar-refractivity contribution in [3.8, 4) is 11.5 Å². The molecule has 0 spiro atoms. The zero-order valence-electron chi connectivity index (χ0n) is 11.0. The van der Waals surface area contributed by atoms with Crippen molar-refractivity contribution in [1.82, 2.24) is 0 Å². The highest BCUT2D eigenvalue weighted by atomic mass is 35.5. The molecule has 2 aromatic carbocycles. The van der Waals surface area contributed by atoms with Gasteiger partial charge in [0, 0.05) is 17.1 Å². The van der Waals surface area contributed by atoms with Crippen LogP contribution in [0.5, 0.6) is 11.5 Å². The van der Waals surface area contributed by atoms with E-state index in [4.69, 9.17) is 27.9 Å². The minimum Gasteiger partial charge on any atom is -0.504 e. The molecule has 0 aliphatic carbocycles. The Hall–Kier alpha value is -1.58. The lowest BCUT2D eigenvalue weighted by Gasteiger charge is -2.12. The fourth-order valence-corrected chi connectivity index (χ4v) is 2.16. The Morgan fingerprint density at radius 1 is 1.20 bits per heavy atom. The van der Waals surface area contributed by atoms with Gasteiger partial charge in [-0.3, -0.25) is 0 Å². The summed E-state index contributed by atoms with van der Waals surface area (Å²) in [4.78, 5) is 0. The second-order valence-corrected chi connectivity index (χ2v) is 5.02. The van der Waals surface area contributed by atoms with Crippen LogP contribution in [0.2, 0.25) is 10.0 Å². The first-order chi connectivity index (χ1) is 9.61. The van der Waals surface area contributed by atoms with Gasteiger partial charge in [0.15, 0.2) is 11.5 Å². The van der Waals surface area contributed by atoms with Crippen molar-refractivity contribution >= 4 is 28.9 Å². The number of phenolic OH excluding ortho intramolecular Hbond substituents is 1. The maximum atomic E-state index is 10.1. The lowest BCUT2D eigenvalue weighted by Crippen LogP contribution is -2.01. The molecule has 20 heavy (non-hydrogen) atoms. The molecule has 0 saturated heterocycles. The van der Waals surface area contributed by atoms with Crippen LogP contribution in [0.1, 0.15) is 12.5 Å². The molecule has 0 radical (unpaired) electrons. The van der Waals surface area contributed by atoms with Gasteiger partial charge in [-0.2, -0.15) is 0 Å². The molecule has 2 rings (SSSR count). The molecule has 0 saturated carbocycles. The molecule has 0 aliphatic heterocycles. The maximum absolute atomic E-state index is 10.1. The van der Waals surface area contributed by atoms with Crippen LogP contribution >= 0.6 is 23.2 Å². The van der Waals surface area contributed by atoms with Gasteiger partial charge in [-0.05, 0) is 31.2 Å². The van der Waals surface area contributed by atoms with Gasteiger partial charge in [-0.1, -0.05) is 35.3 Å². The molecule has 0 bridgehead atoms. The molecule has 106 valence electrons. The standard InChI is InChI=1S/C15H15Cl2NO2/c1-2-20-14-5-3-4-10(15(14)19)9-18-13-8-11(16)6-7-12(13)17/h3-8,18-19H,2,9H2,1H3. The summed E-state index contributed by atoms with van der Waals surface area (Å²) < 4.78 is 5.35. The predicted octanol–water partition coefficient (Wildman–Crippen LogP) is 4.71. The monoisotopic (exact) mass is 311 g/mol. The average molecular weight is 312 g/mol.